The predicted octanol–water partition coefficient (Wildman–Crippen LogP) is 5.39. The second kappa shape index (κ2) is 6.53. The van der Waals surface area contributed by atoms with Gasteiger partial charge < -0.3 is 9.84 Å². The van der Waals surface area contributed by atoms with Gasteiger partial charge in [0.2, 0.25) is 0 Å². The predicted molar refractivity (Wildman–Crippen MR) is 97.5 cm³/mol. The molecule has 5 heteroatoms. The minimum absolute atomic E-state index is 0.249. The lowest BCUT2D eigenvalue weighted by atomic mass is 10.1. The average molecular weight is 351 g/mol. The molecule has 0 saturated heterocycles. The molecule has 25 heavy (non-hydrogen) atoms. The summed E-state index contributed by atoms with van der Waals surface area (Å²) >= 11 is 1.50. The summed E-state index contributed by atoms with van der Waals surface area (Å²) in [5.74, 6) is 0.711. The summed E-state index contributed by atoms with van der Waals surface area (Å²) in [5.41, 5.74) is 2.73. The molecule has 3 nitrogen and oxygen atoms in total. The molecular formula is C20H14FNO2S. The maximum Gasteiger partial charge on any atom is 0.140 e. The zero-order valence-corrected chi connectivity index (χ0v) is 14.0. The minimum atomic E-state index is -0.282. The van der Waals surface area contributed by atoms with E-state index in [1.807, 2.05) is 36.4 Å². The summed E-state index contributed by atoms with van der Waals surface area (Å²) in [4.78, 5) is 4.39. The number of benzene rings is 3. The standard InChI is InChI=1S/C20H14FNO2S/c21-15-5-10-19-18(11-15)22-20(25-19)12-24-17-8-3-14(4-9-17)13-1-6-16(23)7-2-13/h1-11,23H,12H2. The van der Waals surface area contributed by atoms with Crippen molar-refractivity contribution >= 4 is 21.6 Å². The molecule has 0 aliphatic rings. The number of rotatable bonds is 4. The number of nitrogens with zero attached hydrogens (tertiary/aromatic N) is 1. The lowest BCUT2D eigenvalue weighted by Crippen LogP contribution is -1.94. The van der Waals surface area contributed by atoms with Crippen molar-refractivity contribution in [3.63, 3.8) is 0 Å². The Bertz CT molecular complexity index is 1010. The van der Waals surface area contributed by atoms with Crippen LogP contribution in [0.5, 0.6) is 11.5 Å². The maximum atomic E-state index is 13.2. The number of phenols is 1. The van der Waals surface area contributed by atoms with Crippen LogP contribution in [0.25, 0.3) is 21.3 Å². The van der Waals surface area contributed by atoms with Gasteiger partial charge in [0.1, 0.15) is 28.9 Å². The molecule has 1 aromatic heterocycles. The van der Waals surface area contributed by atoms with Crippen molar-refractivity contribution in [3.8, 4) is 22.6 Å². The van der Waals surface area contributed by atoms with E-state index in [4.69, 9.17) is 4.74 Å². The van der Waals surface area contributed by atoms with Crippen molar-refractivity contribution in [3.05, 3.63) is 77.6 Å². The Balaban J connectivity index is 1.46. The third-order valence-electron chi connectivity index (χ3n) is 3.81. The van der Waals surface area contributed by atoms with E-state index in [2.05, 4.69) is 4.98 Å². The second-order valence-corrected chi connectivity index (χ2v) is 6.69. The summed E-state index contributed by atoms with van der Waals surface area (Å²) in [7, 11) is 0. The van der Waals surface area contributed by atoms with E-state index in [9.17, 15) is 9.50 Å². The van der Waals surface area contributed by atoms with Gasteiger partial charge >= 0.3 is 0 Å². The smallest absolute Gasteiger partial charge is 0.140 e. The molecule has 0 fully saturated rings. The van der Waals surface area contributed by atoms with Crippen LogP contribution in [0.3, 0.4) is 0 Å². The Hall–Kier alpha value is -2.92. The van der Waals surface area contributed by atoms with Crippen LogP contribution in [0.2, 0.25) is 0 Å². The van der Waals surface area contributed by atoms with E-state index in [-0.39, 0.29) is 11.6 Å². The van der Waals surface area contributed by atoms with E-state index in [1.165, 1.54) is 23.5 Å². The molecule has 1 heterocycles. The van der Waals surface area contributed by atoms with Crippen LogP contribution in [0.1, 0.15) is 5.01 Å². The Kier molecular flexibility index (Phi) is 4.07. The lowest BCUT2D eigenvalue weighted by Gasteiger charge is -2.06. The molecule has 0 atom stereocenters. The van der Waals surface area contributed by atoms with Crippen molar-refractivity contribution in [1.82, 2.24) is 4.98 Å². The van der Waals surface area contributed by atoms with Gasteiger partial charge in [0.15, 0.2) is 0 Å². The molecule has 124 valence electrons. The van der Waals surface area contributed by atoms with Crippen LogP contribution >= 0.6 is 11.3 Å². The second-order valence-electron chi connectivity index (χ2n) is 5.58. The first kappa shape index (κ1) is 15.6. The van der Waals surface area contributed by atoms with Crippen molar-refractivity contribution in [2.24, 2.45) is 0 Å². The number of fused-ring (bicyclic) bond motifs is 1. The molecule has 0 bridgehead atoms. The Morgan fingerprint density at radius 2 is 1.60 bits per heavy atom. The Labute approximate surface area is 148 Å². The molecule has 0 aliphatic heterocycles. The number of aromatic nitrogens is 1. The number of thiazole rings is 1. The third-order valence-corrected chi connectivity index (χ3v) is 4.82. The molecule has 4 aromatic rings. The normalized spacial score (nSPS) is 10.9. The van der Waals surface area contributed by atoms with Crippen LogP contribution in [0.15, 0.2) is 66.7 Å². The van der Waals surface area contributed by atoms with Crippen LogP contribution in [0, 0.1) is 5.82 Å². The summed E-state index contributed by atoms with van der Waals surface area (Å²) < 4.78 is 19.9. The van der Waals surface area contributed by atoms with Crippen molar-refractivity contribution in [1.29, 1.82) is 0 Å². The number of hydrogen-bond acceptors (Lipinski definition) is 4. The number of phenolic OH excluding ortho intramolecular Hbond substituents is 1. The van der Waals surface area contributed by atoms with Crippen LogP contribution in [0.4, 0.5) is 4.39 Å². The van der Waals surface area contributed by atoms with E-state index >= 15 is 0 Å². The van der Waals surface area contributed by atoms with Crippen molar-refractivity contribution < 1.29 is 14.2 Å². The molecule has 0 aliphatic carbocycles. The zero-order chi connectivity index (χ0) is 17.2. The van der Waals surface area contributed by atoms with Gasteiger partial charge in [-0.25, -0.2) is 9.37 Å². The Morgan fingerprint density at radius 1 is 0.920 bits per heavy atom. The van der Waals surface area contributed by atoms with Crippen LogP contribution in [-0.4, -0.2) is 10.1 Å². The molecule has 3 aromatic carbocycles. The number of ether oxygens (including phenoxy) is 1. The average Bonchev–Trinajstić information content (AvgIpc) is 3.03. The van der Waals surface area contributed by atoms with E-state index < -0.39 is 0 Å². The van der Waals surface area contributed by atoms with Crippen LogP contribution < -0.4 is 4.74 Å². The highest BCUT2D eigenvalue weighted by Crippen LogP contribution is 2.26. The quantitative estimate of drug-likeness (QED) is 0.536. The molecule has 4 rings (SSSR count). The topological polar surface area (TPSA) is 42.4 Å². The van der Waals surface area contributed by atoms with Gasteiger partial charge in [0, 0.05) is 6.07 Å². The molecule has 0 spiro atoms. The van der Waals surface area contributed by atoms with Gasteiger partial charge in [-0.2, -0.15) is 0 Å². The monoisotopic (exact) mass is 351 g/mol. The molecule has 0 amide bonds. The van der Waals surface area contributed by atoms with E-state index in [1.54, 1.807) is 18.2 Å². The SMILES string of the molecule is Oc1ccc(-c2ccc(OCc3nc4cc(F)ccc4s3)cc2)cc1. The fraction of sp³-hybridized carbons (Fsp3) is 0.0500. The van der Waals surface area contributed by atoms with Gasteiger partial charge in [-0.3, -0.25) is 0 Å². The number of aromatic hydroxyl groups is 1. The van der Waals surface area contributed by atoms with Crippen molar-refractivity contribution in [2.45, 2.75) is 6.61 Å². The Morgan fingerprint density at radius 3 is 2.32 bits per heavy atom. The zero-order valence-electron chi connectivity index (χ0n) is 13.1. The first-order valence-corrected chi connectivity index (χ1v) is 8.56. The fourth-order valence-electron chi connectivity index (χ4n) is 2.55. The molecule has 0 saturated carbocycles. The highest BCUT2D eigenvalue weighted by Gasteiger charge is 2.06. The van der Waals surface area contributed by atoms with Gasteiger partial charge in [-0.1, -0.05) is 24.3 Å². The highest BCUT2D eigenvalue weighted by molar-refractivity contribution is 7.18. The van der Waals surface area contributed by atoms with Gasteiger partial charge in [0.25, 0.3) is 0 Å². The molecular weight excluding hydrogens is 337 g/mol. The third kappa shape index (κ3) is 3.46. The fourth-order valence-corrected chi connectivity index (χ4v) is 3.41. The van der Waals surface area contributed by atoms with E-state index in [0.717, 1.165) is 26.6 Å². The van der Waals surface area contributed by atoms with Gasteiger partial charge in [-0.05, 0) is 47.5 Å². The minimum Gasteiger partial charge on any atom is -0.508 e. The summed E-state index contributed by atoms with van der Waals surface area (Å²) in [6.07, 6.45) is 0. The summed E-state index contributed by atoms with van der Waals surface area (Å²) in [5, 5.41) is 10.2. The summed E-state index contributed by atoms with van der Waals surface area (Å²) in [6.45, 7) is 0.347. The lowest BCUT2D eigenvalue weighted by molar-refractivity contribution is 0.306. The largest absolute Gasteiger partial charge is 0.508 e. The maximum absolute atomic E-state index is 13.2. The molecule has 1 N–H and O–H groups in total. The first-order valence-electron chi connectivity index (χ1n) is 7.75. The van der Waals surface area contributed by atoms with Gasteiger partial charge in [0.05, 0.1) is 10.2 Å². The number of hydrogen-bond donors (Lipinski definition) is 1. The highest BCUT2D eigenvalue weighted by atomic mass is 32.1. The number of halogens is 1. The summed E-state index contributed by atoms with van der Waals surface area (Å²) in [6, 6.07) is 19.4. The van der Waals surface area contributed by atoms with E-state index in [0.29, 0.717) is 12.1 Å². The molecule has 0 unspecified atom stereocenters. The molecule has 0 radical (unpaired) electrons. The van der Waals surface area contributed by atoms with Gasteiger partial charge in [-0.15, -0.1) is 11.3 Å². The first-order chi connectivity index (χ1) is 12.2. The van der Waals surface area contributed by atoms with Crippen LogP contribution in [-0.2, 0) is 6.61 Å². The van der Waals surface area contributed by atoms with Crippen molar-refractivity contribution in [2.75, 3.05) is 0 Å².